The molecule has 5 fully saturated rings. The second-order valence-corrected chi connectivity index (χ2v) is 6.95. The van der Waals surface area contributed by atoms with Gasteiger partial charge in [-0.3, -0.25) is 0 Å². The van der Waals surface area contributed by atoms with Crippen LogP contribution in [0.25, 0.3) is 0 Å². The molecule has 0 radical (unpaired) electrons. The zero-order valence-electron chi connectivity index (χ0n) is 10.9. The van der Waals surface area contributed by atoms with Crippen molar-refractivity contribution in [3.63, 3.8) is 0 Å². The van der Waals surface area contributed by atoms with Gasteiger partial charge < -0.3 is 5.32 Å². The van der Waals surface area contributed by atoms with Crippen LogP contribution < -0.4 is 5.32 Å². The molecule has 1 spiro atoms. The summed E-state index contributed by atoms with van der Waals surface area (Å²) < 4.78 is 0. The highest BCUT2D eigenvalue weighted by Crippen LogP contribution is 2.58. The summed E-state index contributed by atoms with van der Waals surface area (Å²) in [6.45, 7) is 1.30. The third-order valence-electron chi connectivity index (χ3n) is 6.14. The number of allylic oxidation sites excluding steroid dienone is 1. The summed E-state index contributed by atoms with van der Waals surface area (Å²) in [6, 6.07) is 0.786. The van der Waals surface area contributed by atoms with Crippen molar-refractivity contribution < 1.29 is 0 Å². The zero-order chi connectivity index (χ0) is 11.3. The molecule has 1 N–H and O–H groups in total. The van der Waals surface area contributed by atoms with E-state index in [1.807, 2.05) is 11.1 Å². The highest BCUT2D eigenvalue weighted by Gasteiger charge is 2.46. The third kappa shape index (κ3) is 1.54. The van der Waals surface area contributed by atoms with Gasteiger partial charge >= 0.3 is 0 Å². The minimum Gasteiger partial charge on any atom is -0.310 e. The molecule has 2 saturated heterocycles. The Hall–Kier alpha value is -0.300. The molecule has 2 atom stereocenters. The maximum absolute atomic E-state index is 3.78. The Kier molecular flexibility index (Phi) is 2.40. The Morgan fingerprint density at radius 2 is 1.88 bits per heavy atom. The van der Waals surface area contributed by atoms with Gasteiger partial charge in [0, 0.05) is 6.04 Å². The molecular formula is C16H25N. The molecule has 1 heteroatoms. The van der Waals surface area contributed by atoms with Crippen LogP contribution in [-0.2, 0) is 0 Å². The van der Waals surface area contributed by atoms with Crippen molar-refractivity contribution in [1.29, 1.82) is 0 Å². The number of hydrogen-bond acceptors (Lipinski definition) is 1. The fourth-order valence-electron chi connectivity index (χ4n) is 5.06. The Balaban J connectivity index is 1.65. The number of piperidine rings is 2. The molecule has 0 amide bonds. The Morgan fingerprint density at radius 3 is 2.41 bits per heavy atom. The van der Waals surface area contributed by atoms with Crippen LogP contribution in [0, 0.1) is 11.3 Å². The van der Waals surface area contributed by atoms with Gasteiger partial charge in [0.25, 0.3) is 0 Å². The van der Waals surface area contributed by atoms with E-state index in [1.54, 1.807) is 0 Å². The molecule has 5 rings (SSSR count). The Labute approximate surface area is 105 Å². The minimum atomic E-state index is 0.715. The first-order valence-electron chi connectivity index (χ1n) is 7.83. The van der Waals surface area contributed by atoms with Gasteiger partial charge in [-0.2, -0.15) is 0 Å². The summed E-state index contributed by atoms with van der Waals surface area (Å²) in [7, 11) is 0. The van der Waals surface area contributed by atoms with Crippen molar-refractivity contribution in [2.45, 2.75) is 70.3 Å². The lowest BCUT2D eigenvalue weighted by Crippen LogP contribution is -2.49. The number of hydrogen-bond donors (Lipinski definition) is 1. The Bertz CT molecular complexity index is 341. The molecule has 0 aromatic heterocycles. The highest BCUT2D eigenvalue weighted by molar-refractivity contribution is 5.35. The lowest BCUT2D eigenvalue weighted by atomic mass is 9.54. The molecule has 0 aromatic carbocycles. The van der Waals surface area contributed by atoms with E-state index in [4.69, 9.17) is 0 Å². The van der Waals surface area contributed by atoms with E-state index in [1.165, 1.54) is 70.8 Å². The second-order valence-electron chi connectivity index (χ2n) is 6.95. The van der Waals surface area contributed by atoms with Crippen molar-refractivity contribution >= 4 is 0 Å². The molecular weight excluding hydrogens is 206 g/mol. The Morgan fingerprint density at radius 1 is 1.00 bits per heavy atom. The van der Waals surface area contributed by atoms with E-state index in [2.05, 4.69) is 5.32 Å². The monoisotopic (exact) mass is 231 g/mol. The number of rotatable bonds is 0. The molecule has 0 aromatic rings. The quantitative estimate of drug-likeness (QED) is 0.625. The van der Waals surface area contributed by atoms with Gasteiger partial charge in [-0.25, -0.2) is 0 Å². The smallest absolute Gasteiger partial charge is 0.0282 e. The standard InChI is InChI=1S/C16H25N/c1-2-7-16(8-3-1)9-6-14(16)13-10-12-4-5-15(13)17-11-12/h12,15,17H,1-11H2. The van der Waals surface area contributed by atoms with Crippen LogP contribution in [0.1, 0.15) is 64.2 Å². The van der Waals surface area contributed by atoms with Crippen molar-refractivity contribution in [1.82, 2.24) is 5.32 Å². The van der Waals surface area contributed by atoms with Crippen LogP contribution in [0.3, 0.4) is 0 Å². The van der Waals surface area contributed by atoms with Crippen LogP contribution in [0.15, 0.2) is 11.1 Å². The molecule has 5 aliphatic rings. The molecule has 2 aliphatic heterocycles. The van der Waals surface area contributed by atoms with Crippen molar-refractivity contribution in [3.05, 3.63) is 11.1 Å². The molecule has 2 heterocycles. The first-order valence-corrected chi connectivity index (χ1v) is 7.83. The van der Waals surface area contributed by atoms with Gasteiger partial charge in [0.05, 0.1) is 0 Å². The van der Waals surface area contributed by atoms with Gasteiger partial charge in [0.15, 0.2) is 0 Å². The summed E-state index contributed by atoms with van der Waals surface area (Å²) in [5, 5.41) is 3.78. The van der Waals surface area contributed by atoms with E-state index in [9.17, 15) is 0 Å². The van der Waals surface area contributed by atoms with Crippen molar-refractivity contribution in [2.24, 2.45) is 11.3 Å². The predicted molar refractivity (Wildman–Crippen MR) is 70.9 cm³/mol. The maximum atomic E-state index is 3.78. The lowest BCUT2D eigenvalue weighted by molar-refractivity contribution is 0.147. The largest absolute Gasteiger partial charge is 0.310 e. The minimum absolute atomic E-state index is 0.715. The molecule has 2 bridgehead atoms. The lowest BCUT2D eigenvalue weighted by Gasteiger charge is -2.52. The summed E-state index contributed by atoms with van der Waals surface area (Å²) in [5.41, 5.74) is 4.55. The van der Waals surface area contributed by atoms with E-state index >= 15 is 0 Å². The average Bonchev–Trinajstić information content (AvgIpc) is 2.40. The third-order valence-corrected chi connectivity index (χ3v) is 6.14. The fraction of sp³-hybridized carbons (Fsp3) is 0.875. The first-order chi connectivity index (χ1) is 8.37. The first kappa shape index (κ1) is 10.6. The predicted octanol–water partition coefficient (Wildman–Crippen LogP) is 3.80. The van der Waals surface area contributed by atoms with E-state index in [0.717, 1.165) is 12.0 Å². The molecule has 3 aliphatic carbocycles. The van der Waals surface area contributed by atoms with Gasteiger partial charge in [-0.05, 0) is 62.8 Å². The van der Waals surface area contributed by atoms with Gasteiger partial charge in [-0.15, -0.1) is 0 Å². The van der Waals surface area contributed by atoms with Crippen molar-refractivity contribution in [2.75, 3.05) is 6.54 Å². The van der Waals surface area contributed by atoms with E-state index in [0.29, 0.717) is 5.41 Å². The summed E-state index contributed by atoms with van der Waals surface area (Å²) in [4.78, 5) is 0. The van der Waals surface area contributed by atoms with Crippen LogP contribution in [-0.4, -0.2) is 12.6 Å². The molecule has 1 nitrogen and oxygen atoms in total. The molecule has 94 valence electrons. The average molecular weight is 231 g/mol. The van der Waals surface area contributed by atoms with Crippen molar-refractivity contribution in [3.8, 4) is 0 Å². The molecule has 2 unspecified atom stereocenters. The molecule has 3 saturated carbocycles. The van der Waals surface area contributed by atoms with Gasteiger partial charge in [-0.1, -0.05) is 30.4 Å². The van der Waals surface area contributed by atoms with Crippen LogP contribution >= 0.6 is 0 Å². The zero-order valence-corrected chi connectivity index (χ0v) is 10.9. The van der Waals surface area contributed by atoms with Gasteiger partial charge in [0.1, 0.15) is 0 Å². The normalized spacial score (nSPS) is 43.8. The van der Waals surface area contributed by atoms with Crippen LogP contribution in [0.2, 0.25) is 0 Å². The second kappa shape index (κ2) is 3.85. The van der Waals surface area contributed by atoms with Gasteiger partial charge in [0.2, 0.25) is 0 Å². The summed E-state index contributed by atoms with van der Waals surface area (Å²) in [6.07, 6.45) is 14.9. The summed E-state index contributed by atoms with van der Waals surface area (Å²) in [5.74, 6) is 0.976. The summed E-state index contributed by atoms with van der Waals surface area (Å²) >= 11 is 0. The topological polar surface area (TPSA) is 12.0 Å². The van der Waals surface area contributed by atoms with Crippen LogP contribution in [0.4, 0.5) is 0 Å². The van der Waals surface area contributed by atoms with E-state index in [-0.39, 0.29) is 0 Å². The maximum Gasteiger partial charge on any atom is 0.0282 e. The van der Waals surface area contributed by atoms with Crippen LogP contribution in [0.5, 0.6) is 0 Å². The molecule has 17 heavy (non-hydrogen) atoms. The highest BCUT2D eigenvalue weighted by atomic mass is 14.9. The fourth-order valence-corrected chi connectivity index (χ4v) is 5.06. The number of nitrogens with one attached hydrogen (secondary N) is 1. The SMILES string of the molecule is C1CCC2(CC1)CCC2=C1CC2CCC1NC2. The van der Waals surface area contributed by atoms with E-state index < -0.39 is 0 Å². The number of fused-ring (bicyclic) bond motifs is 3.